The van der Waals surface area contributed by atoms with E-state index in [0.717, 1.165) is 21.7 Å². The molecular weight excluding hydrogens is 436 g/mol. The molecule has 0 aliphatic carbocycles. The summed E-state index contributed by atoms with van der Waals surface area (Å²) in [6.45, 7) is 1.45. The van der Waals surface area contributed by atoms with Crippen molar-refractivity contribution in [3.05, 3.63) is 48.8 Å². The fourth-order valence-corrected chi connectivity index (χ4v) is 4.44. The molecule has 0 saturated carbocycles. The Hall–Kier alpha value is -3.44. The molecule has 2 amide bonds. The number of carbonyl (C=O) groups is 2. The summed E-state index contributed by atoms with van der Waals surface area (Å²) in [7, 11) is 1.61. The average Bonchev–Trinajstić information content (AvgIpc) is 3.38. The lowest BCUT2D eigenvalue weighted by molar-refractivity contribution is -0.114. The van der Waals surface area contributed by atoms with Gasteiger partial charge in [0.2, 0.25) is 11.8 Å². The van der Waals surface area contributed by atoms with Crippen molar-refractivity contribution >= 4 is 55.9 Å². The third-order valence-electron chi connectivity index (χ3n) is 4.15. The van der Waals surface area contributed by atoms with Crippen LogP contribution in [0.4, 0.5) is 10.8 Å². The summed E-state index contributed by atoms with van der Waals surface area (Å²) in [4.78, 5) is 28.1. The summed E-state index contributed by atoms with van der Waals surface area (Å²) < 4.78 is 7.85. The number of ether oxygens (including phenoxy) is 1. The minimum absolute atomic E-state index is 0.142. The fourth-order valence-electron chi connectivity index (χ4n) is 2.79. The molecule has 2 aromatic heterocycles. The van der Waals surface area contributed by atoms with Gasteiger partial charge in [0, 0.05) is 18.3 Å². The summed E-state index contributed by atoms with van der Waals surface area (Å²) in [5, 5.41) is 14.7. The molecule has 0 spiro atoms. The molecule has 2 aromatic carbocycles. The number of amides is 2. The van der Waals surface area contributed by atoms with Crippen molar-refractivity contribution in [3.63, 3.8) is 0 Å². The molecule has 0 radical (unpaired) electrons. The Morgan fingerprint density at radius 1 is 1.16 bits per heavy atom. The molecule has 0 fully saturated rings. The van der Waals surface area contributed by atoms with E-state index in [4.69, 9.17) is 4.74 Å². The molecule has 31 heavy (non-hydrogen) atoms. The summed E-state index contributed by atoms with van der Waals surface area (Å²) in [6, 6.07) is 12.9. The summed E-state index contributed by atoms with van der Waals surface area (Å²) in [5.74, 6) is 0.569. The predicted molar refractivity (Wildman–Crippen MR) is 121 cm³/mol. The first kappa shape index (κ1) is 20.8. The van der Waals surface area contributed by atoms with Crippen molar-refractivity contribution < 1.29 is 14.3 Å². The molecule has 4 aromatic rings. The number of carbonyl (C=O) groups excluding carboxylic acids is 2. The van der Waals surface area contributed by atoms with E-state index in [1.807, 2.05) is 30.3 Å². The highest BCUT2D eigenvalue weighted by Crippen LogP contribution is 2.29. The number of fused-ring (bicyclic) bond motifs is 1. The van der Waals surface area contributed by atoms with Crippen LogP contribution in [0.15, 0.2) is 53.9 Å². The maximum absolute atomic E-state index is 12.4. The molecule has 9 nitrogen and oxygen atoms in total. The van der Waals surface area contributed by atoms with E-state index in [1.165, 1.54) is 30.0 Å². The third-order valence-corrected chi connectivity index (χ3v) is 6.03. The van der Waals surface area contributed by atoms with Gasteiger partial charge in [0.25, 0.3) is 0 Å². The number of thioether (sulfide) groups is 1. The summed E-state index contributed by atoms with van der Waals surface area (Å²) in [6.07, 6.45) is 1.60. The van der Waals surface area contributed by atoms with Gasteiger partial charge in [-0.25, -0.2) is 4.98 Å². The van der Waals surface area contributed by atoms with E-state index >= 15 is 0 Å². The van der Waals surface area contributed by atoms with Crippen molar-refractivity contribution in [2.24, 2.45) is 0 Å². The number of hydrogen-bond donors (Lipinski definition) is 2. The second-order valence-corrected chi connectivity index (χ2v) is 8.37. The number of thiazole rings is 1. The smallest absolute Gasteiger partial charge is 0.236 e. The van der Waals surface area contributed by atoms with Gasteiger partial charge in [-0.05, 0) is 42.5 Å². The second-order valence-electron chi connectivity index (χ2n) is 6.40. The number of nitrogens with one attached hydrogen (secondary N) is 2. The molecule has 0 saturated heterocycles. The van der Waals surface area contributed by atoms with Crippen LogP contribution in [-0.2, 0) is 9.59 Å². The molecule has 0 bridgehead atoms. The Morgan fingerprint density at radius 3 is 2.71 bits per heavy atom. The fraction of sp³-hybridized carbons (Fsp3) is 0.150. The SMILES string of the molecule is COc1ccc(-n2cnnc2SCC(=O)Nc2nc3ccc(NC(C)=O)cc3s2)cc1. The molecule has 158 valence electrons. The van der Waals surface area contributed by atoms with E-state index in [9.17, 15) is 9.59 Å². The second kappa shape index (κ2) is 9.14. The Morgan fingerprint density at radius 2 is 1.97 bits per heavy atom. The first-order chi connectivity index (χ1) is 15.0. The monoisotopic (exact) mass is 454 g/mol. The van der Waals surface area contributed by atoms with Gasteiger partial charge in [0.1, 0.15) is 12.1 Å². The lowest BCUT2D eigenvalue weighted by atomic mass is 10.3. The van der Waals surface area contributed by atoms with Crippen molar-refractivity contribution in [2.45, 2.75) is 12.1 Å². The Kier molecular flexibility index (Phi) is 6.14. The van der Waals surface area contributed by atoms with Crippen LogP contribution in [0.25, 0.3) is 15.9 Å². The van der Waals surface area contributed by atoms with E-state index in [1.54, 1.807) is 30.1 Å². The van der Waals surface area contributed by atoms with E-state index < -0.39 is 0 Å². The Bertz CT molecular complexity index is 1240. The lowest BCUT2D eigenvalue weighted by Gasteiger charge is -2.07. The first-order valence-electron chi connectivity index (χ1n) is 9.17. The zero-order valence-corrected chi connectivity index (χ0v) is 18.3. The zero-order valence-electron chi connectivity index (χ0n) is 16.7. The van der Waals surface area contributed by atoms with E-state index in [2.05, 4.69) is 25.8 Å². The predicted octanol–water partition coefficient (Wildman–Crippen LogP) is 3.57. The van der Waals surface area contributed by atoms with Gasteiger partial charge in [-0.3, -0.25) is 14.2 Å². The minimum atomic E-state index is -0.199. The van der Waals surface area contributed by atoms with Crippen molar-refractivity contribution in [3.8, 4) is 11.4 Å². The largest absolute Gasteiger partial charge is 0.497 e. The molecule has 2 heterocycles. The van der Waals surface area contributed by atoms with E-state index in [-0.39, 0.29) is 17.6 Å². The normalized spacial score (nSPS) is 10.8. The molecule has 2 N–H and O–H groups in total. The average molecular weight is 455 g/mol. The highest BCUT2D eigenvalue weighted by Gasteiger charge is 2.13. The maximum atomic E-state index is 12.4. The molecule has 4 rings (SSSR count). The molecule has 0 atom stereocenters. The van der Waals surface area contributed by atoms with Gasteiger partial charge < -0.3 is 15.4 Å². The molecule has 0 unspecified atom stereocenters. The highest BCUT2D eigenvalue weighted by molar-refractivity contribution is 7.99. The molecular formula is C20H18N6O3S2. The minimum Gasteiger partial charge on any atom is -0.497 e. The Labute approximate surface area is 185 Å². The van der Waals surface area contributed by atoms with Gasteiger partial charge in [0.15, 0.2) is 10.3 Å². The van der Waals surface area contributed by atoms with Crippen LogP contribution < -0.4 is 15.4 Å². The van der Waals surface area contributed by atoms with Crippen LogP contribution in [-0.4, -0.2) is 44.4 Å². The van der Waals surface area contributed by atoms with Gasteiger partial charge in [-0.1, -0.05) is 23.1 Å². The number of rotatable bonds is 7. The van der Waals surface area contributed by atoms with Crippen molar-refractivity contribution in [1.82, 2.24) is 19.7 Å². The lowest BCUT2D eigenvalue weighted by Crippen LogP contribution is -2.14. The third kappa shape index (κ3) is 5.01. The van der Waals surface area contributed by atoms with Gasteiger partial charge >= 0.3 is 0 Å². The number of benzene rings is 2. The van der Waals surface area contributed by atoms with Gasteiger partial charge in [0.05, 0.1) is 23.1 Å². The van der Waals surface area contributed by atoms with Crippen molar-refractivity contribution in [2.75, 3.05) is 23.5 Å². The summed E-state index contributed by atoms with van der Waals surface area (Å²) in [5.41, 5.74) is 2.31. The quantitative estimate of drug-likeness (QED) is 0.411. The van der Waals surface area contributed by atoms with Crippen LogP contribution in [0.2, 0.25) is 0 Å². The van der Waals surface area contributed by atoms with Crippen molar-refractivity contribution in [1.29, 1.82) is 0 Å². The number of hydrogen-bond acceptors (Lipinski definition) is 8. The Balaban J connectivity index is 1.39. The molecule has 0 aliphatic rings. The zero-order chi connectivity index (χ0) is 21.8. The number of nitrogens with zero attached hydrogens (tertiary/aromatic N) is 4. The van der Waals surface area contributed by atoms with Crippen LogP contribution >= 0.6 is 23.1 Å². The number of aromatic nitrogens is 4. The number of methoxy groups -OCH3 is 1. The van der Waals surface area contributed by atoms with Crippen LogP contribution in [0.1, 0.15) is 6.92 Å². The highest BCUT2D eigenvalue weighted by atomic mass is 32.2. The van der Waals surface area contributed by atoms with Gasteiger partial charge in [-0.2, -0.15) is 0 Å². The maximum Gasteiger partial charge on any atom is 0.236 e. The molecule has 0 aliphatic heterocycles. The summed E-state index contributed by atoms with van der Waals surface area (Å²) >= 11 is 2.62. The standard InChI is InChI=1S/C20H18N6O3S2/c1-12(27)22-13-3-8-16-17(9-13)31-19(23-16)24-18(28)10-30-20-25-21-11-26(20)14-4-6-15(29-2)7-5-14/h3-9,11H,10H2,1-2H3,(H,22,27)(H,23,24,28). The van der Waals surface area contributed by atoms with Crippen LogP contribution in [0, 0.1) is 0 Å². The number of anilines is 2. The van der Waals surface area contributed by atoms with E-state index in [0.29, 0.717) is 16.0 Å². The first-order valence-corrected chi connectivity index (χ1v) is 11.0. The topological polar surface area (TPSA) is 111 Å². The molecule has 11 heteroatoms. The van der Waals surface area contributed by atoms with Crippen LogP contribution in [0.3, 0.4) is 0 Å². The van der Waals surface area contributed by atoms with Crippen LogP contribution in [0.5, 0.6) is 5.75 Å². The van der Waals surface area contributed by atoms with Gasteiger partial charge in [-0.15, -0.1) is 10.2 Å².